The Balaban J connectivity index is 0.00000288. The summed E-state index contributed by atoms with van der Waals surface area (Å²) in [6, 6.07) is 10.3. The third-order valence-corrected chi connectivity index (χ3v) is 4.87. The SMILES string of the molecule is CN=C(NCCCCSC)NCc1nc(-c2ccccc2)cs1.I. The van der Waals surface area contributed by atoms with Crippen LogP contribution in [0, 0.1) is 0 Å². The number of unbranched alkanes of at least 4 members (excludes halogenated alkanes) is 1. The second kappa shape index (κ2) is 12.5. The zero-order valence-corrected chi connectivity index (χ0v) is 18.1. The number of nitrogens with one attached hydrogen (secondary N) is 2. The molecule has 0 aliphatic heterocycles. The summed E-state index contributed by atoms with van der Waals surface area (Å²) in [4.78, 5) is 8.93. The van der Waals surface area contributed by atoms with Crippen molar-refractivity contribution in [3.63, 3.8) is 0 Å². The summed E-state index contributed by atoms with van der Waals surface area (Å²) < 4.78 is 0. The van der Waals surface area contributed by atoms with Crippen molar-refractivity contribution < 1.29 is 0 Å². The number of thiazole rings is 1. The van der Waals surface area contributed by atoms with Gasteiger partial charge in [-0.25, -0.2) is 4.98 Å². The van der Waals surface area contributed by atoms with E-state index in [0.717, 1.165) is 35.2 Å². The number of nitrogens with zero attached hydrogens (tertiary/aromatic N) is 2. The lowest BCUT2D eigenvalue weighted by atomic mass is 10.2. The van der Waals surface area contributed by atoms with Gasteiger partial charge < -0.3 is 10.6 Å². The van der Waals surface area contributed by atoms with Crippen molar-refractivity contribution in [3.8, 4) is 11.3 Å². The third-order valence-electron chi connectivity index (χ3n) is 3.32. The molecule has 2 rings (SSSR count). The van der Waals surface area contributed by atoms with E-state index < -0.39 is 0 Å². The molecular weight excluding hydrogens is 451 g/mol. The first kappa shape index (κ1) is 21.2. The van der Waals surface area contributed by atoms with Gasteiger partial charge in [0.2, 0.25) is 0 Å². The normalized spacial score (nSPS) is 11.0. The van der Waals surface area contributed by atoms with E-state index in [0.29, 0.717) is 6.54 Å². The molecule has 0 aliphatic rings. The Bertz CT molecular complexity index is 602. The lowest BCUT2D eigenvalue weighted by Gasteiger charge is -2.10. The zero-order chi connectivity index (χ0) is 16.3. The highest BCUT2D eigenvalue weighted by atomic mass is 127. The Morgan fingerprint density at radius 2 is 2.00 bits per heavy atom. The Morgan fingerprint density at radius 1 is 1.21 bits per heavy atom. The maximum absolute atomic E-state index is 4.68. The molecule has 2 aromatic rings. The summed E-state index contributed by atoms with van der Waals surface area (Å²) in [5, 5.41) is 9.83. The first-order chi connectivity index (χ1) is 11.3. The van der Waals surface area contributed by atoms with Crippen LogP contribution in [0.5, 0.6) is 0 Å². The second-order valence-corrected chi connectivity index (χ2v) is 6.97. The van der Waals surface area contributed by atoms with Crippen LogP contribution in [-0.4, -0.2) is 36.5 Å². The van der Waals surface area contributed by atoms with Gasteiger partial charge in [0.1, 0.15) is 5.01 Å². The molecule has 0 bridgehead atoms. The number of halogens is 1. The number of guanidine groups is 1. The number of hydrogen-bond donors (Lipinski definition) is 2. The Morgan fingerprint density at radius 3 is 2.71 bits per heavy atom. The van der Waals surface area contributed by atoms with Crippen LogP contribution in [0.2, 0.25) is 0 Å². The van der Waals surface area contributed by atoms with Crippen molar-refractivity contribution in [2.45, 2.75) is 19.4 Å². The summed E-state index contributed by atoms with van der Waals surface area (Å²) in [7, 11) is 1.80. The van der Waals surface area contributed by atoms with Gasteiger partial charge in [-0.2, -0.15) is 11.8 Å². The standard InChI is InChI=1S/C17H24N4S2.HI/c1-18-17(19-10-6-7-11-22-2)20-12-16-21-15(13-23-16)14-8-4-3-5-9-14;/h3-5,8-9,13H,6-7,10-12H2,1-2H3,(H2,18,19,20);1H. The molecular formula is C17H25IN4S2. The van der Waals surface area contributed by atoms with Crippen LogP contribution < -0.4 is 10.6 Å². The van der Waals surface area contributed by atoms with Gasteiger partial charge in [0.15, 0.2) is 5.96 Å². The van der Waals surface area contributed by atoms with E-state index in [-0.39, 0.29) is 24.0 Å². The largest absolute Gasteiger partial charge is 0.356 e. The zero-order valence-electron chi connectivity index (χ0n) is 14.1. The van der Waals surface area contributed by atoms with Gasteiger partial charge in [-0.15, -0.1) is 35.3 Å². The van der Waals surface area contributed by atoms with Crippen molar-refractivity contribution in [1.29, 1.82) is 0 Å². The number of hydrogen-bond acceptors (Lipinski definition) is 4. The number of rotatable bonds is 8. The van der Waals surface area contributed by atoms with Crippen LogP contribution in [-0.2, 0) is 6.54 Å². The van der Waals surface area contributed by atoms with Crippen LogP contribution in [0.1, 0.15) is 17.8 Å². The Labute approximate surface area is 170 Å². The van der Waals surface area contributed by atoms with E-state index in [1.54, 1.807) is 18.4 Å². The van der Waals surface area contributed by atoms with Crippen LogP contribution in [0.25, 0.3) is 11.3 Å². The van der Waals surface area contributed by atoms with Gasteiger partial charge in [-0.3, -0.25) is 4.99 Å². The second-order valence-electron chi connectivity index (χ2n) is 5.04. The van der Waals surface area contributed by atoms with E-state index in [2.05, 4.69) is 44.4 Å². The quantitative estimate of drug-likeness (QED) is 0.259. The van der Waals surface area contributed by atoms with Gasteiger partial charge in [-0.05, 0) is 24.9 Å². The van der Waals surface area contributed by atoms with Gasteiger partial charge in [0, 0.05) is 24.5 Å². The van der Waals surface area contributed by atoms with Crippen molar-refractivity contribution in [2.75, 3.05) is 25.6 Å². The monoisotopic (exact) mass is 476 g/mol. The number of aliphatic imine (C=N–C) groups is 1. The summed E-state index contributed by atoms with van der Waals surface area (Å²) >= 11 is 3.57. The molecule has 0 atom stereocenters. The van der Waals surface area contributed by atoms with E-state index in [9.17, 15) is 0 Å². The highest BCUT2D eigenvalue weighted by Gasteiger charge is 2.05. The van der Waals surface area contributed by atoms with Crippen LogP contribution in [0.3, 0.4) is 0 Å². The molecule has 0 aliphatic carbocycles. The summed E-state index contributed by atoms with van der Waals surface area (Å²) in [5.41, 5.74) is 2.19. The van der Waals surface area contributed by atoms with Gasteiger partial charge >= 0.3 is 0 Å². The molecule has 24 heavy (non-hydrogen) atoms. The van der Waals surface area contributed by atoms with Crippen molar-refractivity contribution in [3.05, 3.63) is 40.7 Å². The molecule has 4 nitrogen and oxygen atoms in total. The predicted octanol–water partition coefficient (Wildman–Crippen LogP) is 4.24. The molecule has 1 heterocycles. The molecule has 0 fully saturated rings. The van der Waals surface area contributed by atoms with Crippen molar-refractivity contribution >= 4 is 53.0 Å². The van der Waals surface area contributed by atoms with Gasteiger partial charge in [0.05, 0.1) is 12.2 Å². The van der Waals surface area contributed by atoms with E-state index in [4.69, 9.17) is 0 Å². The fourth-order valence-electron chi connectivity index (χ4n) is 2.09. The van der Waals surface area contributed by atoms with Crippen molar-refractivity contribution in [1.82, 2.24) is 15.6 Å². The minimum absolute atomic E-state index is 0. The molecule has 7 heteroatoms. The lowest BCUT2D eigenvalue weighted by molar-refractivity contribution is 0.732. The van der Waals surface area contributed by atoms with Gasteiger partial charge in [-0.1, -0.05) is 30.3 Å². The molecule has 0 radical (unpaired) electrons. The number of thioether (sulfide) groups is 1. The van der Waals surface area contributed by atoms with Crippen LogP contribution in [0.15, 0.2) is 40.7 Å². The average Bonchev–Trinajstić information content (AvgIpc) is 3.07. The van der Waals surface area contributed by atoms with E-state index in [1.165, 1.54) is 12.2 Å². The smallest absolute Gasteiger partial charge is 0.191 e. The maximum Gasteiger partial charge on any atom is 0.191 e. The fraction of sp³-hybridized carbons (Fsp3) is 0.412. The number of benzene rings is 1. The summed E-state index contributed by atoms with van der Waals surface area (Å²) in [5.74, 6) is 2.06. The summed E-state index contributed by atoms with van der Waals surface area (Å²) in [6.07, 6.45) is 4.54. The molecule has 0 amide bonds. The number of aromatic nitrogens is 1. The average molecular weight is 476 g/mol. The van der Waals surface area contributed by atoms with Crippen LogP contribution >= 0.6 is 47.1 Å². The highest BCUT2D eigenvalue weighted by Crippen LogP contribution is 2.21. The summed E-state index contributed by atoms with van der Waals surface area (Å²) in [6.45, 7) is 1.65. The maximum atomic E-state index is 4.68. The Hall–Kier alpha value is -0.800. The molecule has 1 aromatic carbocycles. The first-order valence-corrected chi connectivity index (χ1v) is 10.0. The third kappa shape index (κ3) is 7.40. The van der Waals surface area contributed by atoms with Crippen molar-refractivity contribution in [2.24, 2.45) is 4.99 Å². The van der Waals surface area contributed by atoms with E-state index >= 15 is 0 Å². The highest BCUT2D eigenvalue weighted by molar-refractivity contribution is 14.0. The molecule has 0 unspecified atom stereocenters. The molecule has 1 aromatic heterocycles. The lowest BCUT2D eigenvalue weighted by Crippen LogP contribution is -2.37. The molecule has 0 spiro atoms. The first-order valence-electron chi connectivity index (χ1n) is 7.76. The minimum Gasteiger partial charge on any atom is -0.356 e. The van der Waals surface area contributed by atoms with Crippen LogP contribution in [0.4, 0.5) is 0 Å². The van der Waals surface area contributed by atoms with Gasteiger partial charge in [0.25, 0.3) is 0 Å². The molecule has 2 N–H and O–H groups in total. The Kier molecular flexibility index (Phi) is 11.1. The topological polar surface area (TPSA) is 49.3 Å². The van der Waals surface area contributed by atoms with E-state index in [1.807, 2.05) is 30.0 Å². The molecule has 0 saturated carbocycles. The molecule has 132 valence electrons. The minimum atomic E-state index is 0. The molecule has 0 saturated heterocycles. The fourth-order valence-corrected chi connectivity index (χ4v) is 3.33. The predicted molar refractivity (Wildman–Crippen MR) is 119 cm³/mol.